The Kier molecular flexibility index (Phi) is 3.36. The molecule has 2 saturated heterocycles. The van der Waals surface area contributed by atoms with Crippen LogP contribution in [0.5, 0.6) is 0 Å². The number of rotatable bonds is 1. The summed E-state index contributed by atoms with van der Waals surface area (Å²) in [6, 6.07) is -0.0640. The van der Waals surface area contributed by atoms with E-state index < -0.39 is 0 Å². The lowest BCUT2D eigenvalue weighted by molar-refractivity contribution is 0.0190. The fourth-order valence-electron chi connectivity index (χ4n) is 2.44. The molecule has 0 radical (unpaired) electrons. The first-order valence-electron chi connectivity index (χ1n) is 5.31. The normalized spacial score (nSPS) is 24.5. The number of likely N-dealkylation sites (tertiary alicyclic amines) is 1. The number of hydrogen-bond donors (Lipinski definition) is 0. The van der Waals surface area contributed by atoms with E-state index in [9.17, 15) is 4.79 Å². The third-order valence-corrected chi connectivity index (χ3v) is 3.54. The Balaban J connectivity index is 1.90. The van der Waals surface area contributed by atoms with Gasteiger partial charge in [-0.3, -0.25) is 0 Å². The molecule has 0 saturated carbocycles. The summed E-state index contributed by atoms with van der Waals surface area (Å²) >= 11 is 5.36. The topological polar surface area (TPSA) is 38.8 Å². The minimum Gasteiger partial charge on any atom is -0.433 e. The van der Waals surface area contributed by atoms with Crippen LogP contribution in [0.15, 0.2) is 0 Å². The van der Waals surface area contributed by atoms with E-state index in [1.54, 1.807) is 4.90 Å². The largest absolute Gasteiger partial charge is 0.433 e. The number of alkyl halides is 1. The molecular weight excluding hydrogens is 218 g/mol. The molecule has 15 heavy (non-hydrogen) atoms. The highest BCUT2D eigenvalue weighted by Gasteiger charge is 2.41. The van der Waals surface area contributed by atoms with Crippen LogP contribution in [0.3, 0.4) is 0 Å². The molecule has 1 spiro atoms. The van der Waals surface area contributed by atoms with Crippen molar-refractivity contribution in [2.45, 2.75) is 19.3 Å². The van der Waals surface area contributed by atoms with E-state index in [2.05, 4.69) is 0 Å². The molecule has 4 nitrogen and oxygen atoms in total. The van der Waals surface area contributed by atoms with Gasteiger partial charge in [0.05, 0.1) is 0 Å². The lowest BCUT2D eigenvalue weighted by Crippen LogP contribution is -2.35. The SMILES string of the molecule is O=C(OCCl)N1CCC2(CCOCC2)C1. The van der Waals surface area contributed by atoms with E-state index in [0.29, 0.717) is 0 Å². The Bertz CT molecular complexity index is 241. The molecule has 0 aromatic rings. The van der Waals surface area contributed by atoms with Crippen molar-refractivity contribution < 1.29 is 14.3 Å². The first-order valence-corrected chi connectivity index (χ1v) is 5.85. The molecule has 5 heteroatoms. The summed E-state index contributed by atoms with van der Waals surface area (Å²) in [5.41, 5.74) is 0.281. The van der Waals surface area contributed by atoms with Crippen molar-refractivity contribution in [3.05, 3.63) is 0 Å². The summed E-state index contributed by atoms with van der Waals surface area (Å²) < 4.78 is 10.1. The fourth-order valence-corrected chi connectivity index (χ4v) is 2.53. The van der Waals surface area contributed by atoms with E-state index in [1.165, 1.54) is 0 Å². The summed E-state index contributed by atoms with van der Waals surface area (Å²) in [5.74, 6) is 0. The van der Waals surface area contributed by atoms with E-state index >= 15 is 0 Å². The van der Waals surface area contributed by atoms with Crippen LogP contribution in [-0.2, 0) is 9.47 Å². The number of nitrogens with zero attached hydrogens (tertiary/aromatic N) is 1. The Labute approximate surface area is 94.5 Å². The van der Waals surface area contributed by atoms with Gasteiger partial charge in [0.2, 0.25) is 0 Å². The highest BCUT2D eigenvalue weighted by molar-refractivity contribution is 6.17. The van der Waals surface area contributed by atoms with Crippen LogP contribution in [0, 0.1) is 5.41 Å². The maximum Gasteiger partial charge on any atom is 0.410 e. The first-order chi connectivity index (χ1) is 7.26. The van der Waals surface area contributed by atoms with Crippen LogP contribution in [-0.4, -0.2) is 43.4 Å². The lowest BCUT2D eigenvalue weighted by Gasteiger charge is -2.32. The second-order valence-electron chi connectivity index (χ2n) is 4.30. The van der Waals surface area contributed by atoms with Crippen LogP contribution in [0.4, 0.5) is 4.79 Å². The zero-order valence-corrected chi connectivity index (χ0v) is 9.46. The average Bonchev–Trinajstić information content (AvgIpc) is 2.64. The standard InChI is InChI=1S/C10H16ClNO3/c11-8-15-9(13)12-4-1-10(7-12)2-5-14-6-3-10/h1-8H2. The molecule has 86 valence electrons. The smallest absolute Gasteiger partial charge is 0.410 e. The molecule has 0 aliphatic carbocycles. The average molecular weight is 234 g/mol. The van der Waals surface area contributed by atoms with Crippen molar-refractivity contribution in [2.75, 3.05) is 32.4 Å². The predicted molar refractivity (Wildman–Crippen MR) is 55.9 cm³/mol. The zero-order valence-electron chi connectivity index (χ0n) is 8.71. The summed E-state index contributed by atoms with van der Waals surface area (Å²) in [6.45, 7) is 3.22. The van der Waals surface area contributed by atoms with Gasteiger partial charge in [-0.05, 0) is 24.7 Å². The maximum atomic E-state index is 11.5. The molecule has 0 unspecified atom stereocenters. The van der Waals surface area contributed by atoms with Gasteiger partial charge in [-0.15, -0.1) is 0 Å². The van der Waals surface area contributed by atoms with Crippen molar-refractivity contribution in [1.29, 1.82) is 0 Å². The van der Waals surface area contributed by atoms with Crippen molar-refractivity contribution >= 4 is 17.7 Å². The van der Waals surface area contributed by atoms with Crippen LogP contribution in [0.25, 0.3) is 0 Å². The van der Waals surface area contributed by atoms with Gasteiger partial charge < -0.3 is 14.4 Å². The monoisotopic (exact) mass is 233 g/mol. The fraction of sp³-hybridized carbons (Fsp3) is 0.900. The quantitative estimate of drug-likeness (QED) is 0.649. The van der Waals surface area contributed by atoms with E-state index in [4.69, 9.17) is 21.1 Å². The van der Waals surface area contributed by atoms with Crippen molar-refractivity contribution in [3.8, 4) is 0 Å². The molecule has 2 fully saturated rings. The number of halogens is 1. The van der Waals surface area contributed by atoms with Crippen LogP contribution in [0.2, 0.25) is 0 Å². The van der Waals surface area contributed by atoms with Gasteiger partial charge in [0, 0.05) is 26.3 Å². The van der Waals surface area contributed by atoms with Gasteiger partial charge in [-0.2, -0.15) is 0 Å². The Hall–Kier alpha value is -0.480. The summed E-state index contributed by atoms with van der Waals surface area (Å²) in [4.78, 5) is 13.2. The molecule has 0 aromatic carbocycles. The molecule has 0 bridgehead atoms. The third-order valence-electron chi connectivity index (χ3n) is 3.43. The number of ether oxygens (including phenoxy) is 2. The van der Waals surface area contributed by atoms with Crippen molar-refractivity contribution in [3.63, 3.8) is 0 Å². The molecule has 0 aromatic heterocycles. The number of carbonyl (C=O) groups excluding carboxylic acids is 1. The van der Waals surface area contributed by atoms with Gasteiger partial charge in [0.15, 0.2) is 6.07 Å². The molecule has 0 N–H and O–H groups in total. The van der Waals surface area contributed by atoms with E-state index in [-0.39, 0.29) is 17.6 Å². The second-order valence-corrected chi connectivity index (χ2v) is 4.52. The van der Waals surface area contributed by atoms with Gasteiger partial charge in [-0.1, -0.05) is 11.6 Å². The maximum absolute atomic E-state index is 11.5. The number of amides is 1. The predicted octanol–water partition coefficient (Wildman–Crippen LogP) is 1.82. The van der Waals surface area contributed by atoms with Gasteiger partial charge in [0.1, 0.15) is 0 Å². The summed E-state index contributed by atoms with van der Waals surface area (Å²) in [6.07, 6.45) is 2.89. The summed E-state index contributed by atoms with van der Waals surface area (Å²) in [7, 11) is 0. The highest BCUT2D eigenvalue weighted by atomic mass is 35.5. The van der Waals surface area contributed by atoms with Gasteiger partial charge in [-0.25, -0.2) is 4.79 Å². The molecule has 2 heterocycles. The number of hydrogen-bond acceptors (Lipinski definition) is 3. The minimum atomic E-state index is -0.284. The van der Waals surface area contributed by atoms with Crippen LogP contribution in [0.1, 0.15) is 19.3 Å². The van der Waals surface area contributed by atoms with Crippen LogP contribution >= 0.6 is 11.6 Å². The molecule has 2 rings (SSSR count). The second kappa shape index (κ2) is 4.58. The Morgan fingerprint density at radius 2 is 2.13 bits per heavy atom. The minimum absolute atomic E-state index is 0.0640. The molecule has 2 aliphatic heterocycles. The Morgan fingerprint density at radius 3 is 2.80 bits per heavy atom. The zero-order chi connectivity index (χ0) is 10.7. The Morgan fingerprint density at radius 1 is 1.40 bits per heavy atom. The van der Waals surface area contributed by atoms with Crippen molar-refractivity contribution in [2.24, 2.45) is 5.41 Å². The summed E-state index contributed by atoms with van der Waals surface area (Å²) in [5, 5.41) is 0. The van der Waals surface area contributed by atoms with Gasteiger partial charge >= 0.3 is 6.09 Å². The first kappa shape index (κ1) is 11.0. The molecule has 0 atom stereocenters. The highest BCUT2D eigenvalue weighted by Crippen LogP contribution is 2.39. The molecule has 2 aliphatic rings. The van der Waals surface area contributed by atoms with E-state index in [0.717, 1.165) is 45.6 Å². The van der Waals surface area contributed by atoms with Gasteiger partial charge in [0.25, 0.3) is 0 Å². The van der Waals surface area contributed by atoms with Crippen molar-refractivity contribution in [1.82, 2.24) is 4.90 Å². The lowest BCUT2D eigenvalue weighted by atomic mass is 9.80. The van der Waals surface area contributed by atoms with E-state index in [1.807, 2.05) is 0 Å². The molecular formula is C10H16ClNO3. The molecule has 1 amide bonds. The third kappa shape index (κ3) is 2.37. The van der Waals surface area contributed by atoms with Crippen LogP contribution < -0.4 is 0 Å². The number of carbonyl (C=O) groups is 1.